The van der Waals surface area contributed by atoms with E-state index in [0.29, 0.717) is 0 Å². The van der Waals surface area contributed by atoms with Crippen molar-refractivity contribution in [2.24, 2.45) is 0 Å². The molecular formula is C9H17F3N2O. The summed E-state index contributed by atoms with van der Waals surface area (Å²) in [6.07, 6.45) is -5.11. The lowest BCUT2D eigenvalue weighted by molar-refractivity contribution is -0.136. The molecule has 0 aromatic carbocycles. The van der Waals surface area contributed by atoms with Gasteiger partial charge in [-0.05, 0) is 27.3 Å². The number of carbonyl (C=O) groups is 1. The quantitative estimate of drug-likeness (QED) is 0.696. The molecule has 0 aliphatic rings. The van der Waals surface area contributed by atoms with Gasteiger partial charge in [-0.25, -0.2) is 0 Å². The van der Waals surface area contributed by atoms with Crippen LogP contribution >= 0.6 is 0 Å². The van der Waals surface area contributed by atoms with E-state index in [4.69, 9.17) is 0 Å². The van der Waals surface area contributed by atoms with Crippen molar-refractivity contribution in [2.45, 2.75) is 38.4 Å². The molecule has 0 heterocycles. The lowest BCUT2D eigenvalue weighted by Gasteiger charge is -2.22. The fourth-order valence-corrected chi connectivity index (χ4v) is 0.825. The monoisotopic (exact) mass is 226 g/mol. The first-order valence-electron chi connectivity index (χ1n) is 4.73. The molecule has 0 unspecified atom stereocenters. The number of rotatable bonds is 5. The number of hydrogen-bond acceptors (Lipinski definition) is 2. The standard InChI is InChI=1S/C9H17F3N2O/c1-8(2,13-3)7(15)14-6-4-5-9(10,11)12/h13H,4-6H2,1-3H3,(H,14,15). The Kier molecular flexibility index (Phi) is 5.07. The number of alkyl halides is 3. The maximum Gasteiger partial charge on any atom is 0.389 e. The van der Waals surface area contributed by atoms with Crippen LogP contribution in [0.15, 0.2) is 0 Å². The molecule has 90 valence electrons. The molecule has 1 amide bonds. The third-order valence-corrected chi connectivity index (χ3v) is 2.12. The lowest BCUT2D eigenvalue weighted by atomic mass is 10.1. The molecule has 0 aliphatic heterocycles. The van der Waals surface area contributed by atoms with E-state index in [1.54, 1.807) is 20.9 Å². The third kappa shape index (κ3) is 6.33. The van der Waals surface area contributed by atoms with Crippen molar-refractivity contribution in [3.05, 3.63) is 0 Å². The highest BCUT2D eigenvalue weighted by molar-refractivity contribution is 5.85. The van der Waals surface area contributed by atoms with Crippen LogP contribution in [0.25, 0.3) is 0 Å². The molecule has 15 heavy (non-hydrogen) atoms. The Morgan fingerprint density at radius 1 is 1.27 bits per heavy atom. The first-order valence-corrected chi connectivity index (χ1v) is 4.73. The summed E-state index contributed by atoms with van der Waals surface area (Å²) in [6, 6.07) is 0. The van der Waals surface area contributed by atoms with Gasteiger partial charge >= 0.3 is 6.18 Å². The van der Waals surface area contributed by atoms with Gasteiger partial charge in [0.05, 0.1) is 5.54 Å². The smallest absolute Gasteiger partial charge is 0.355 e. The molecule has 0 aliphatic carbocycles. The van der Waals surface area contributed by atoms with Crippen LogP contribution in [0.2, 0.25) is 0 Å². The lowest BCUT2D eigenvalue weighted by Crippen LogP contribution is -2.51. The predicted molar refractivity (Wildman–Crippen MR) is 51.4 cm³/mol. The second-order valence-electron chi connectivity index (χ2n) is 3.85. The highest BCUT2D eigenvalue weighted by atomic mass is 19.4. The molecule has 3 nitrogen and oxygen atoms in total. The number of nitrogens with one attached hydrogen (secondary N) is 2. The van der Waals surface area contributed by atoms with E-state index in [2.05, 4.69) is 10.6 Å². The fraction of sp³-hybridized carbons (Fsp3) is 0.889. The van der Waals surface area contributed by atoms with Gasteiger partial charge in [-0.2, -0.15) is 13.2 Å². The van der Waals surface area contributed by atoms with Crippen molar-refractivity contribution >= 4 is 5.91 Å². The number of carbonyl (C=O) groups excluding carboxylic acids is 1. The third-order valence-electron chi connectivity index (χ3n) is 2.12. The van der Waals surface area contributed by atoms with Gasteiger partial charge in [0, 0.05) is 13.0 Å². The summed E-state index contributed by atoms with van der Waals surface area (Å²) >= 11 is 0. The Morgan fingerprint density at radius 3 is 2.20 bits per heavy atom. The Balaban J connectivity index is 3.74. The van der Waals surface area contributed by atoms with Crippen molar-refractivity contribution in [1.82, 2.24) is 10.6 Å². The summed E-state index contributed by atoms with van der Waals surface area (Å²) in [5.74, 6) is -0.299. The minimum Gasteiger partial charge on any atom is -0.355 e. The minimum absolute atomic E-state index is 0.0451. The van der Waals surface area contributed by atoms with E-state index in [1.165, 1.54) is 0 Å². The molecule has 0 rings (SSSR count). The Bertz CT molecular complexity index is 214. The topological polar surface area (TPSA) is 41.1 Å². The zero-order valence-corrected chi connectivity index (χ0v) is 9.16. The van der Waals surface area contributed by atoms with Crippen molar-refractivity contribution in [3.8, 4) is 0 Å². The molecule has 0 fully saturated rings. The molecule has 0 saturated heterocycles. The molecule has 0 bridgehead atoms. The summed E-state index contributed by atoms with van der Waals surface area (Å²) in [5.41, 5.74) is -0.752. The summed E-state index contributed by atoms with van der Waals surface area (Å²) < 4.78 is 35.3. The van der Waals surface area contributed by atoms with Crippen LogP contribution in [-0.4, -0.2) is 31.2 Å². The van der Waals surface area contributed by atoms with Gasteiger partial charge in [-0.15, -0.1) is 0 Å². The van der Waals surface area contributed by atoms with Crippen molar-refractivity contribution in [2.75, 3.05) is 13.6 Å². The average Bonchev–Trinajstić information content (AvgIpc) is 2.10. The van der Waals surface area contributed by atoms with Crippen LogP contribution in [0.4, 0.5) is 13.2 Å². The van der Waals surface area contributed by atoms with E-state index in [-0.39, 0.29) is 18.9 Å². The predicted octanol–water partition coefficient (Wildman–Crippen LogP) is 1.44. The maximum absolute atomic E-state index is 11.8. The van der Waals surface area contributed by atoms with Gasteiger partial charge in [0.1, 0.15) is 0 Å². The van der Waals surface area contributed by atoms with E-state index < -0.39 is 18.1 Å². The summed E-state index contributed by atoms with van der Waals surface area (Å²) in [4.78, 5) is 11.4. The maximum atomic E-state index is 11.8. The van der Waals surface area contributed by atoms with Gasteiger partial charge in [-0.3, -0.25) is 4.79 Å². The van der Waals surface area contributed by atoms with Crippen LogP contribution in [0.3, 0.4) is 0 Å². The van der Waals surface area contributed by atoms with Crippen LogP contribution in [0, 0.1) is 0 Å². The second kappa shape index (κ2) is 5.34. The molecule has 0 radical (unpaired) electrons. The van der Waals surface area contributed by atoms with Crippen LogP contribution in [0.1, 0.15) is 26.7 Å². The Labute approximate surface area is 87.4 Å². The summed E-state index contributed by atoms with van der Waals surface area (Å²) in [6.45, 7) is 3.36. The summed E-state index contributed by atoms with van der Waals surface area (Å²) in [7, 11) is 1.62. The molecule has 0 aromatic rings. The van der Waals surface area contributed by atoms with Crippen molar-refractivity contribution in [3.63, 3.8) is 0 Å². The van der Waals surface area contributed by atoms with Gasteiger partial charge in [0.2, 0.25) is 5.91 Å². The summed E-state index contributed by atoms with van der Waals surface area (Å²) in [5, 5.41) is 5.21. The van der Waals surface area contributed by atoms with Crippen molar-refractivity contribution in [1.29, 1.82) is 0 Å². The number of amides is 1. The Morgan fingerprint density at radius 2 is 1.80 bits per heavy atom. The zero-order chi connectivity index (χ0) is 12.1. The second-order valence-corrected chi connectivity index (χ2v) is 3.85. The van der Waals surface area contributed by atoms with E-state index in [0.717, 1.165) is 0 Å². The Hall–Kier alpha value is -0.780. The molecule has 6 heteroatoms. The SMILES string of the molecule is CNC(C)(C)C(=O)NCCCC(F)(F)F. The normalized spacial score (nSPS) is 12.7. The number of hydrogen-bond donors (Lipinski definition) is 2. The van der Waals surface area contributed by atoms with Gasteiger partial charge < -0.3 is 10.6 Å². The van der Waals surface area contributed by atoms with E-state index in [1.807, 2.05) is 0 Å². The van der Waals surface area contributed by atoms with E-state index >= 15 is 0 Å². The first-order chi connectivity index (χ1) is 6.69. The molecule has 0 atom stereocenters. The number of halogens is 3. The molecule has 0 aromatic heterocycles. The van der Waals surface area contributed by atoms with Crippen molar-refractivity contribution < 1.29 is 18.0 Å². The van der Waals surface area contributed by atoms with Gasteiger partial charge in [0.25, 0.3) is 0 Å². The average molecular weight is 226 g/mol. The van der Waals surface area contributed by atoms with Crippen LogP contribution in [0.5, 0.6) is 0 Å². The largest absolute Gasteiger partial charge is 0.389 e. The van der Waals surface area contributed by atoms with E-state index in [9.17, 15) is 18.0 Å². The fourth-order valence-electron chi connectivity index (χ4n) is 0.825. The van der Waals surface area contributed by atoms with Crippen LogP contribution in [-0.2, 0) is 4.79 Å². The molecule has 0 spiro atoms. The highest BCUT2D eigenvalue weighted by Gasteiger charge is 2.27. The van der Waals surface area contributed by atoms with Gasteiger partial charge in [-0.1, -0.05) is 0 Å². The molecule has 2 N–H and O–H groups in total. The zero-order valence-electron chi connectivity index (χ0n) is 9.16. The van der Waals surface area contributed by atoms with Gasteiger partial charge in [0.15, 0.2) is 0 Å². The van der Waals surface area contributed by atoms with Crippen LogP contribution < -0.4 is 10.6 Å². The molecular weight excluding hydrogens is 209 g/mol. The minimum atomic E-state index is -4.15. The first kappa shape index (κ1) is 14.2. The molecule has 0 saturated carbocycles. The highest BCUT2D eigenvalue weighted by Crippen LogP contribution is 2.20. The number of likely N-dealkylation sites (N-methyl/N-ethyl adjacent to an activating group) is 1.